The van der Waals surface area contributed by atoms with Crippen LogP contribution in [0.4, 0.5) is 13.2 Å². The summed E-state index contributed by atoms with van der Waals surface area (Å²) in [5.74, 6) is -0.724. The molecule has 0 radical (unpaired) electrons. The molecule has 0 saturated carbocycles. The molecule has 0 aliphatic carbocycles. The van der Waals surface area contributed by atoms with Gasteiger partial charge in [0, 0.05) is 23.9 Å². The van der Waals surface area contributed by atoms with Crippen LogP contribution in [0, 0.1) is 0 Å². The van der Waals surface area contributed by atoms with Crippen molar-refractivity contribution in [3.63, 3.8) is 0 Å². The normalized spacial score (nSPS) is 12.2. The maximum atomic E-state index is 13.1. The number of hydrogen-bond acceptors (Lipinski definition) is 6. The van der Waals surface area contributed by atoms with Gasteiger partial charge in [-0.25, -0.2) is 19.4 Å². The van der Waals surface area contributed by atoms with Crippen LogP contribution in [-0.4, -0.2) is 37.9 Å². The van der Waals surface area contributed by atoms with Gasteiger partial charge in [0.1, 0.15) is 12.0 Å². The Hall–Kier alpha value is -2.91. The fraction of sp³-hybridized carbons (Fsp3) is 0.412. The lowest BCUT2D eigenvalue weighted by molar-refractivity contribution is -0.142. The molecule has 0 atom stereocenters. The van der Waals surface area contributed by atoms with Crippen LogP contribution < -0.4 is 4.74 Å². The molecule has 0 fully saturated rings. The van der Waals surface area contributed by atoms with Crippen molar-refractivity contribution in [2.24, 2.45) is 0 Å². The Bertz CT molecular complexity index is 829. The van der Waals surface area contributed by atoms with E-state index in [9.17, 15) is 18.0 Å². The van der Waals surface area contributed by atoms with Crippen LogP contribution in [0.15, 0.2) is 24.5 Å². The molecule has 2 aromatic rings. The lowest BCUT2D eigenvalue weighted by atomic mass is 10.2. The molecular formula is C17H19F3N4O3. The van der Waals surface area contributed by atoms with Crippen LogP contribution in [0.1, 0.15) is 33.4 Å². The second kappa shape index (κ2) is 8.19. The minimum Gasteiger partial charge on any atom is -0.475 e. The second-order valence-electron chi connectivity index (χ2n) is 6.09. The highest BCUT2D eigenvalue weighted by atomic mass is 19.4. The summed E-state index contributed by atoms with van der Waals surface area (Å²) >= 11 is 0. The maximum absolute atomic E-state index is 13.1. The lowest BCUT2D eigenvalue weighted by Crippen LogP contribution is -2.12. The zero-order valence-corrected chi connectivity index (χ0v) is 15.2. The number of rotatable bonds is 6. The van der Waals surface area contributed by atoms with E-state index in [2.05, 4.69) is 15.1 Å². The maximum Gasteiger partial charge on any atom is 0.433 e. The molecule has 27 heavy (non-hydrogen) atoms. The Labute approximate surface area is 153 Å². The summed E-state index contributed by atoms with van der Waals surface area (Å²) in [6.07, 6.45) is -1.59. The fourth-order valence-electron chi connectivity index (χ4n) is 1.97. The molecule has 0 bridgehead atoms. The predicted octanol–water partition coefficient (Wildman–Crippen LogP) is 3.57. The summed E-state index contributed by atoms with van der Waals surface area (Å²) in [4.78, 5) is 18.9. The number of ether oxygens (including phenoxy) is 2. The molecule has 0 aromatic carbocycles. The summed E-state index contributed by atoms with van der Waals surface area (Å²) in [5.41, 5.74) is -1.02. The Kier molecular flexibility index (Phi) is 6.19. The Morgan fingerprint density at radius 1 is 1.19 bits per heavy atom. The Balaban J connectivity index is 2.31. The molecular weight excluding hydrogens is 365 g/mol. The molecule has 0 aliphatic rings. The van der Waals surface area contributed by atoms with E-state index in [-0.39, 0.29) is 29.5 Å². The molecule has 2 heterocycles. The lowest BCUT2D eigenvalue weighted by Gasteiger charge is -2.12. The summed E-state index contributed by atoms with van der Waals surface area (Å²) in [6.45, 7) is 6.76. The molecule has 0 unspecified atom stereocenters. The zero-order valence-electron chi connectivity index (χ0n) is 15.2. The van der Waals surface area contributed by atoms with Gasteiger partial charge in [0.2, 0.25) is 5.88 Å². The van der Waals surface area contributed by atoms with Crippen molar-refractivity contribution < 1.29 is 27.4 Å². The van der Waals surface area contributed by atoms with Gasteiger partial charge in [0.05, 0.1) is 12.2 Å². The molecule has 2 rings (SSSR count). The number of hydrogen-bond donors (Lipinski definition) is 0. The largest absolute Gasteiger partial charge is 0.475 e. The molecule has 0 amide bonds. The van der Waals surface area contributed by atoms with Crippen molar-refractivity contribution in [3.05, 3.63) is 30.2 Å². The van der Waals surface area contributed by atoms with Crippen LogP contribution in [0.2, 0.25) is 0 Å². The topological polar surface area (TPSA) is 79.1 Å². The molecule has 7 nitrogen and oxygen atoms in total. The van der Waals surface area contributed by atoms with E-state index in [1.165, 1.54) is 23.3 Å². The molecule has 10 heteroatoms. The van der Waals surface area contributed by atoms with Gasteiger partial charge in [0.15, 0.2) is 5.82 Å². The monoisotopic (exact) mass is 384 g/mol. The number of pyridine rings is 1. The first kappa shape index (κ1) is 20.4. The number of carbonyl (C=O) groups is 1. The molecule has 0 aliphatic heterocycles. The van der Waals surface area contributed by atoms with Crippen molar-refractivity contribution >= 4 is 12.2 Å². The molecule has 0 spiro atoms. The average Bonchev–Trinajstić information content (AvgIpc) is 2.99. The summed E-state index contributed by atoms with van der Waals surface area (Å²) in [6, 6.07) is 2.16. The van der Waals surface area contributed by atoms with Crippen molar-refractivity contribution in [2.75, 3.05) is 0 Å². The van der Waals surface area contributed by atoms with Gasteiger partial charge in [0.25, 0.3) is 0 Å². The third kappa shape index (κ3) is 6.08. The summed E-state index contributed by atoms with van der Waals surface area (Å²) in [7, 11) is 0. The number of esters is 1. The standard InChI is InChI=1S/C17H19F3N4O3/c1-10(2)26-14-8-12(7-13(22-14)17(18,19)20)16-21-9-24(23-16)6-5-15(25)27-11(3)4/h5-11H,1-4H3/b6-5-. The van der Waals surface area contributed by atoms with E-state index >= 15 is 0 Å². The van der Waals surface area contributed by atoms with Crippen LogP contribution in [0.3, 0.4) is 0 Å². The first-order chi connectivity index (χ1) is 12.5. The van der Waals surface area contributed by atoms with E-state index in [0.29, 0.717) is 0 Å². The number of halogens is 3. The molecule has 0 saturated heterocycles. The highest BCUT2D eigenvalue weighted by Crippen LogP contribution is 2.32. The summed E-state index contributed by atoms with van der Waals surface area (Å²) in [5, 5.41) is 4.04. The predicted molar refractivity (Wildman–Crippen MR) is 90.6 cm³/mol. The fourth-order valence-corrected chi connectivity index (χ4v) is 1.97. The number of aromatic nitrogens is 4. The van der Waals surface area contributed by atoms with Gasteiger partial charge in [-0.05, 0) is 33.8 Å². The third-order valence-corrected chi connectivity index (χ3v) is 2.93. The van der Waals surface area contributed by atoms with Crippen molar-refractivity contribution in [1.29, 1.82) is 0 Å². The van der Waals surface area contributed by atoms with Crippen molar-refractivity contribution in [3.8, 4) is 17.3 Å². The second-order valence-corrected chi connectivity index (χ2v) is 6.09. The highest BCUT2D eigenvalue weighted by Gasteiger charge is 2.34. The zero-order chi connectivity index (χ0) is 20.2. The minimum atomic E-state index is -4.64. The summed E-state index contributed by atoms with van der Waals surface area (Å²) < 4.78 is 50.7. The smallest absolute Gasteiger partial charge is 0.433 e. The van der Waals surface area contributed by atoms with Gasteiger partial charge in [-0.3, -0.25) is 0 Å². The van der Waals surface area contributed by atoms with Gasteiger partial charge in [-0.2, -0.15) is 13.2 Å². The van der Waals surface area contributed by atoms with E-state index in [0.717, 1.165) is 12.1 Å². The number of alkyl halides is 3. The van der Waals surface area contributed by atoms with E-state index in [4.69, 9.17) is 9.47 Å². The van der Waals surface area contributed by atoms with Gasteiger partial charge >= 0.3 is 12.1 Å². The van der Waals surface area contributed by atoms with E-state index < -0.39 is 17.8 Å². The van der Waals surface area contributed by atoms with Gasteiger partial charge in [-0.1, -0.05) is 0 Å². The minimum absolute atomic E-state index is 0.0263. The van der Waals surface area contributed by atoms with Crippen LogP contribution in [-0.2, 0) is 15.7 Å². The Morgan fingerprint density at radius 3 is 2.48 bits per heavy atom. The Morgan fingerprint density at radius 2 is 1.89 bits per heavy atom. The molecule has 146 valence electrons. The van der Waals surface area contributed by atoms with E-state index in [1.807, 2.05) is 0 Å². The van der Waals surface area contributed by atoms with Gasteiger partial charge in [-0.15, -0.1) is 5.10 Å². The number of nitrogens with zero attached hydrogens (tertiary/aromatic N) is 4. The molecule has 0 N–H and O–H groups in total. The highest BCUT2D eigenvalue weighted by molar-refractivity contribution is 5.85. The first-order valence-corrected chi connectivity index (χ1v) is 8.11. The van der Waals surface area contributed by atoms with Gasteiger partial charge < -0.3 is 9.47 Å². The quantitative estimate of drug-likeness (QED) is 0.560. The van der Waals surface area contributed by atoms with Crippen LogP contribution in [0.5, 0.6) is 5.88 Å². The molecule has 2 aromatic heterocycles. The SMILES string of the molecule is CC(C)OC(=O)/C=C\n1cnc(-c2cc(OC(C)C)nc(C(F)(F)F)c2)n1. The van der Waals surface area contributed by atoms with Crippen molar-refractivity contribution in [1.82, 2.24) is 19.7 Å². The third-order valence-electron chi connectivity index (χ3n) is 2.93. The van der Waals surface area contributed by atoms with Crippen LogP contribution in [0.25, 0.3) is 17.6 Å². The first-order valence-electron chi connectivity index (χ1n) is 8.11. The van der Waals surface area contributed by atoms with E-state index in [1.54, 1.807) is 27.7 Å². The number of carbonyl (C=O) groups excluding carboxylic acids is 1. The van der Waals surface area contributed by atoms with Crippen LogP contribution >= 0.6 is 0 Å². The average molecular weight is 384 g/mol. The van der Waals surface area contributed by atoms with Crippen molar-refractivity contribution in [2.45, 2.75) is 46.1 Å².